The van der Waals surface area contributed by atoms with Crippen LogP contribution in [0.1, 0.15) is 11.3 Å². The number of nitrogens with one attached hydrogen (secondary N) is 1. The topological polar surface area (TPSA) is 48.7 Å². The van der Waals surface area contributed by atoms with Crippen molar-refractivity contribution in [3.05, 3.63) is 53.9 Å². The molecule has 2 rings (SSSR count). The summed E-state index contributed by atoms with van der Waals surface area (Å²) in [5, 5.41) is 11.7. The molecule has 6 heteroatoms. The summed E-state index contributed by atoms with van der Waals surface area (Å²) in [5.74, 6) is 0. The molecule has 0 aliphatic rings. The minimum atomic E-state index is -4.49. The van der Waals surface area contributed by atoms with Gasteiger partial charge in [0.15, 0.2) is 0 Å². The van der Waals surface area contributed by atoms with Crippen molar-refractivity contribution in [1.29, 1.82) is 5.26 Å². The predicted octanol–water partition coefficient (Wildman–Crippen LogP) is 3.72. The number of aromatic nitrogens is 1. The van der Waals surface area contributed by atoms with Gasteiger partial charge in [0.2, 0.25) is 0 Å². The zero-order valence-electron chi connectivity index (χ0n) is 9.57. The van der Waals surface area contributed by atoms with E-state index in [-0.39, 0.29) is 5.69 Å². The van der Waals surface area contributed by atoms with Gasteiger partial charge < -0.3 is 5.32 Å². The Morgan fingerprint density at radius 1 is 1.16 bits per heavy atom. The highest BCUT2D eigenvalue weighted by molar-refractivity contribution is 5.66. The average molecular weight is 263 g/mol. The molecule has 0 aliphatic heterocycles. The first-order chi connectivity index (χ1) is 9.00. The van der Waals surface area contributed by atoms with Crippen molar-refractivity contribution in [3.8, 4) is 6.07 Å². The molecule has 0 amide bonds. The summed E-state index contributed by atoms with van der Waals surface area (Å²) in [6, 6.07) is 10.8. The molecular weight excluding hydrogens is 255 g/mol. The molecule has 19 heavy (non-hydrogen) atoms. The lowest BCUT2D eigenvalue weighted by molar-refractivity contribution is -0.141. The Hall–Kier alpha value is -2.55. The van der Waals surface area contributed by atoms with Crippen molar-refractivity contribution in [3.63, 3.8) is 0 Å². The van der Waals surface area contributed by atoms with Crippen molar-refractivity contribution >= 4 is 11.4 Å². The molecule has 3 nitrogen and oxygen atoms in total. The van der Waals surface area contributed by atoms with E-state index in [1.807, 2.05) is 6.07 Å². The smallest absolute Gasteiger partial charge is 0.354 e. The number of nitrogens with zero attached hydrogens (tertiary/aromatic N) is 2. The van der Waals surface area contributed by atoms with E-state index in [2.05, 4.69) is 10.3 Å². The lowest BCUT2D eigenvalue weighted by Gasteiger charge is -2.10. The van der Waals surface area contributed by atoms with Crippen LogP contribution < -0.4 is 5.32 Å². The third-order valence-corrected chi connectivity index (χ3v) is 2.38. The quantitative estimate of drug-likeness (QED) is 0.898. The Balaban J connectivity index is 2.32. The third kappa shape index (κ3) is 3.01. The molecule has 0 spiro atoms. The second-order valence-electron chi connectivity index (χ2n) is 3.71. The first-order valence-electron chi connectivity index (χ1n) is 5.30. The van der Waals surface area contributed by atoms with Crippen LogP contribution in [-0.4, -0.2) is 4.98 Å². The highest BCUT2D eigenvalue weighted by Gasteiger charge is 2.32. The van der Waals surface area contributed by atoms with Gasteiger partial charge in [-0.1, -0.05) is 12.1 Å². The largest absolute Gasteiger partial charge is 0.433 e. The number of pyridine rings is 1. The number of nitriles is 1. The van der Waals surface area contributed by atoms with E-state index in [1.165, 1.54) is 6.07 Å². The van der Waals surface area contributed by atoms with Crippen molar-refractivity contribution in [2.45, 2.75) is 6.18 Å². The second-order valence-corrected chi connectivity index (χ2v) is 3.71. The number of rotatable bonds is 2. The molecule has 96 valence electrons. The van der Waals surface area contributed by atoms with Crippen LogP contribution in [0.4, 0.5) is 24.5 Å². The Morgan fingerprint density at radius 2 is 1.89 bits per heavy atom. The summed E-state index contributed by atoms with van der Waals surface area (Å²) in [4.78, 5) is 3.26. The van der Waals surface area contributed by atoms with Gasteiger partial charge in [0, 0.05) is 11.9 Å². The molecule has 1 aromatic heterocycles. The van der Waals surface area contributed by atoms with E-state index in [9.17, 15) is 13.2 Å². The minimum Gasteiger partial charge on any atom is -0.354 e. The number of para-hydroxylation sites is 1. The number of hydrogen-bond acceptors (Lipinski definition) is 3. The van der Waals surface area contributed by atoms with Crippen LogP contribution in [-0.2, 0) is 6.18 Å². The van der Waals surface area contributed by atoms with Gasteiger partial charge in [0.25, 0.3) is 0 Å². The van der Waals surface area contributed by atoms with E-state index in [0.29, 0.717) is 11.3 Å². The van der Waals surface area contributed by atoms with Crippen LogP contribution in [0.3, 0.4) is 0 Å². The number of benzene rings is 1. The Morgan fingerprint density at radius 3 is 2.58 bits per heavy atom. The number of halogens is 3. The lowest BCUT2D eigenvalue weighted by atomic mass is 10.2. The molecule has 0 fully saturated rings. The molecule has 0 saturated heterocycles. The van der Waals surface area contributed by atoms with Gasteiger partial charge in [-0.25, -0.2) is 0 Å². The van der Waals surface area contributed by atoms with Crippen LogP contribution >= 0.6 is 0 Å². The van der Waals surface area contributed by atoms with Crippen LogP contribution in [0.25, 0.3) is 0 Å². The van der Waals surface area contributed by atoms with Crippen LogP contribution in [0.5, 0.6) is 0 Å². The minimum absolute atomic E-state index is 0.227. The fourth-order valence-corrected chi connectivity index (χ4v) is 1.51. The van der Waals surface area contributed by atoms with E-state index in [4.69, 9.17) is 5.26 Å². The molecule has 2 aromatic rings. The summed E-state index contributed by atoms with van der Waals surface area (Å²) >= 11 is 0. The van der Waals surface area contributed by atoms with Crippen LogP contribution in [0.2, 0.25) is 0 Å². The fraction of sp³-hybridized carbons (Fsp3) is 0.0769. The highest BCUT2D eigenvalue weighted by atomic mass is 19.4. The molecule has 0 atom stereocenters. The highest BCUT2D eigenvalue weighted by Crippen LogP contribution is 2.30. The fourth-order valence-electron chi connectivity index (χ4n) is 1.51. The predicted molar refractivity (Wildman–Crippen MR) is 63.7 cm³/mol. The van der Waals surface area contributed by atoms with Gasteiger partial charge in [-0.05, 0) is 24.3 Å². The maximum atomic E-state index is 12.5. The summed E-state index contributed by atoms with van der Waals surface area (Å²) in [5.41, 5.74) is 0.0501. The SMILES string of the molecule is N#Cc1ccccc1Nc1ccnc(C(F)(F)F)c1. The summed E-state index contributed by atoms with van der Waals surface area (Å²) in [7, 11) is 0. The number of hydrogen-bond donors (Lipinski definition) is 1. The summed E-state index contributed by atoms with van der Waals surface area (Å²) in [6.07, 6.45) is -3.42. The first-order valence-corrected chi connectivity index (χ1v) is 5.30. The van der Waals surface area contributed by atoms with Crippen molar-refractivity contribution in [2.24, 2.45) is 0 Å². The van der Waals surface area contributed by atoms with Gasteiger partial charge >= 0.3 is 6.18 Å². The first kappa shape index (κ1) is 12.9. The van der Waals surface area contributed by atoms with E-state index in [1.54, 1.807) is 24.3 Å². The van der Waals surface area contributed by atoms with Gasteiger partial charge in [0.1, 0.15) is 11.8 Å². The number of alkyl halides is 3. The standard InChI is InChI=1S/C13H8F3N3/c14-13(15,16)12-7-10(5-6-18-12)19-11-4-2-1-3-9(11)8-17/h1-7H,(H,18,19). The van der Waals surface area contributed by atoms with Crippen LogP contribution in [0.15, 0.2) is 42.6 Å². The van der Waals surface area contributed by atoms with Crippen molar-refractivity contribution < 1.29 is 13.2 Å². The Kier molecular flexibility index (Phi) is 3.38. The molecule has 0 bridgehead atoms. The zero-order valence-corrected chi connectivity index (χ0v) is 9.57. The monoisotopic (exact) mass is 263 g/mol. The second kappa shape index (κ2) is 4.98. The van der Waals surface area contributed by atoms with Crippen LogP contribution in [0, 0.1) is 11.3 Å². The van der Waals surface area contributed by atoms with E-state index < -0.39 is 11.9 Å². The lowest BCUT2D eigenvalue weighted by Crippen LogP contribution is -2.08. The van der Waals surface area contributed by atoms with Gasteiger partial charge in [-0.3, -0.25) is 4.98 Å². The van der Waals surface area contributed by atoms with E-state index in [0.717, 1.165) is 12.3 Å². The van der Waals surface area contributed by atoms with Gasteiger partial charge in [0.05, 0.1) is 11.3 Å². The molecule has 0 saturated carbocycles. The van der Waals surface area contributed by atoms with Crippen molar-refractivity contribution in [1.82, 2.24) is 4.98 Å². The zero-order chi connectivity index (χ0) is 13.9. The molecule has 0 unspecified atom stereocenters. The molecule has 1 heterocycles. The molecule has 1 aromatic carbocycles. The summed E-state index contributed by atoms with van der Waals surface area (Å²) in [6.45, 7) is 0. The Bertz CT molecular complexity index is 630. The molecule has 1 N–H and O–H groups in total. The van der Waals surface area contributed by atoms with Crippen molar-refractivity contribution in [2.75, 3.05) is 5.32 Å². The molecule has 0 radical (unpaired) electrons. The maximum Gasteiger partial charge on any atom is 0.433 e. The number of anilines is 2. The molecule has 0 aliphatic carbocycles. The Labute approximate surface area is 107 Å². The van der Waals surface area contributed by atoms with E-state index >= 15 is 0 Å². The maximum absolute atomic E-state index is 12.5. The average Bonchev–Trinajstić information content (AvgIpc) is 2.39. The normalized spacial score (nSPS) is 10.8. The van der Waals surface area contributed by atoms with Gasteiger partial charge in [-0.15, -0.1) is 0 Å². The summed E-state index contributed by atoms with van der Waals surface area (Å²) < 4.78 is 37.5. The van der Waals surface area contributed by atoms with Gasteiger partial charge in [-0.2, -0.15) is 18.4 Å². The molecular formula is C13H8F3N3. The third-order valence-electron chi connectivity index (χ3n) is 2.38.